The second kappa shape index (κ2) is 5.30. The Morgan fingerprint density at radius 3 is 2.74 bits per heavy atom. The molecule has 0 radical (unpaired) electrons. The molecule has 19 heavy (non-hydrogen) atoms. The third-order valence-electron chi connectivity index (χ3n) is 2.71. The molecule has 0 saturated carbocycles. The van der Waals surface area contributed by atoms with Crippen molar-refractivity contribution in [3.8, 4) is 11.5 Å². The fraction of sp³-hybridized carbons (Fsp3) is 0.250. The lowest BCUT2D eigenvalue weighted by Gasteiger charge is -2.23. The van der Waals surface area contributed by atoms with Gasteiger partial charge in [0, 0.05) is 6.07 Å². The van der Waals surface area contributed by atoms with E-state index in [1.165, 1.54) is 20.1 Å². The minimum absolute atomic E-state index is 0.0953. The second-order valence-electron chi connectivity index (χ2n) is 3.89. The summed E-state index contributed by atoms with van der Waals surface area (Å²) in [5.74, 6) is 0.380. The van der Waals surface area contributed by atoms with Crippen molar-refractivity contribution in [3.05, 3.63) is 29.3 Å². The number of fused-ring (bicyclic) bond motifs is 1. The van der Waals surface area contributed by atoms with E-state index in [1.807, 2.05) is 0 Å². The van der Waals surface area contributed by atoms with E-state index in [-0.39, 0.29) is 23.7 Å². The third-order valence-corrected chi connectivity index (χ3v) is 2.71. The minimum atomic E-state index is -3.00. The summed E-state index contributed by atoms with van der Waals surface area (Å²) < 4.78 is 39.8. The normalized spacial score (nSPS) is 13.5. The zero-order valence-electron chi connectivity index (χ0n) is 10.4. The molecule has 0 N–H and O–H groups in total. The summed E-state index contributed by atoms with van der Waals surface area (Å²) in [6, 6.07) is 4.66. The van der Waals surface area contributed by atoms with E-state index in [9.17, 15) is 13.4 Å². The number of rotatable bonds is 4. The number of ketones is 1. The average Bonchev–Trinajstić information content (AvgIpc) is 2.37. The summed E-state index contributed by atoms with van der Waals surface area (Å²) in [6.45, 7) is 1.18. The highest BCUT2D eigenvalue weighted by molar-refractivity contribution is 6.36. The summed E-state index contributed by atoms with van der Waals surface area (Å²) in [5.41, 5.74) is 0.413. The maximum absolute atomic E-state index is 12.5. The molecule has 0 aliphatic carbocycles. The van der Waals surface area contributed by atoms with Gasteiger partial charge in [-0.05, 0) is 19.1 Å². The van der Waals surface area contributed by atoms with Crippen LogP contribution in [0.4, 0.5) is 8.63 Å². The van der Waals surface area contributed by atoms with Gasteiger partial charge in [0.25, 0.3) is 0 Å². The van der Waals surface area contributed by atoms with Gasteiger partial charge in [0.1, 0.15) is 23.9 Å². The van der Waals surface area contributed by atoms with Crippen molar-refractivity contribution >= 4 is 19.0 Å². The Morgan fingerprint density at radius 1 is 1.42 bits per heavy atom. The molecule has 4 nitrogen and oxygen atoms in total. The van der Waals surface area contributed by atoms with Gasteiger partial charge in [-0.1, -0.05) is 0 Å². The second-order valence-corrected chi connectivity index (χ2v) is 3.89. The molecule has 1 aliphatic rings. The van der Waals surface area contributed by atoms with E-state index in [0.717, 1.165) is 0 Å². The molecule has 0 amide bonds. The molecular weight excluding hydrogens is 257 g/mol. The lowest BCUT2D eigenvalue weighted by molar-refractivity contribution is -0.114. The van der Waals surface area contributed by atoms with Crippen LogP contribution in [-0.2, 0) is 9.45 Å². The molecule has 0 atom stereocenters. The number of Topliss-reactive ketones (excluding diaryl/α,β-unsaturated/α-hetero) is 1. The van der Waals surface area contributed by atoms with Gasteiger partial charge in [0.05, 0.1) is 18.2 Å². The van der Waals surface area contributed by atoms with E-state index in [4.69, 9.17) is 9.47 Å². The largest absolute Gasteiger partial charge is 0.796 e. The van der Waals surface area contributed by atoms with Crippen LogP contribution in [0, 0.1) is 0 Å². The number of carbonyl (C=O) groups is 1. The molecule has 0 aromatic heterocycles. The molecule has 0 bridgehead atoms. The van der Waals surface area contributed by atoms with Crippen LogP contribution in [0.3, 0.4) is 0 Å². The van der Waals surface area contributed by atoms with Gasteiger partial charge >= 0.3 is 7.47 Å². The Bertz CT molecular complexity index is 543. The van der Waals surface area contributed by atoms with Crippen molar-refractivity contribution in [2.24, 2.45) is 0 Å². The first-order valence-corrected chi connectivity index (χ1v) is 5.53. The summed E-state index contributed by atoms with van der Waals surface area (Å²) in [6.07, 6.45) is 0. The Hall–Kier alpha value is -2.05. The van der Waals surface area contributed by atoms with Gasteiger partial charge in [0.15, 0.2) is 5.78 Å². The van der Waals surface area contributed by atoms with Crippen LogP contribution in [-0.4, -0.2) is 27.0 Å². The number of halogens is 2. The predicted octanol–water partition coefficient (Wildman–Crippen LogP) is 2.33. The van der Waals surface area contributed by atoms with Crippen LogP contribution >= 0.6 is 0 Å². The molecule has 1 aromatic rings. The van der Waals surface area contributed by atoms with Crippen LogP contribution in [0.5, 0.6) is 11.5 Å². The van der Waals surface area contributed by atoms with Gasteiger partial charge < -0.3 is 14.1 Å². The maximum Gasteiger partial charge on any atom is 0.796 e. The van der Waals surface area contributed by atoms with Crippen LogP contribution in [0.1, 0.15) is 12.5 Å². The maximum atomic E-state index is 12.5. The quantitative estimate of drug-likeness (QED) is 0.786. The standard InChI is InChI=1S/C12H11BF2O4/c1-7(16)10-6-18-11-5-8(17-2)3-4-9(11)12(10)19-13(14)15/h3-5H,6H2,1-2H3. The molecule has 0 fully saturated rings. The van der Waals surface area contributed by atoms with Gasteiger partial charge in [-0.3, -0.25) is 4.79 Å². The van der Waals surface area contributed by atoms with Crippen molar-refractivity contribution in [2.75, 3.05) is 13.7 Å². The first-order chi connectivity index (χ1) is 9.02. The summed E-state index contributed by atoms with van der Waals surface area (Å²) in [4.78, 5) is 11.4. The summed E-state index contributed by atoms with van der Waals surface area (Å²) in [5, 5.41) is 0. The fourth-order valence-electron chi connectivity index (χ4n) is 1.80. The zero-order chi connectivity index (χ0) is 14.0. The topological polar surface area (TPSA) is 44.8 Å². The molecule has 2 rings (SSSR count). The highest BCUT2D eigenvalue weighted by Crippen LogP contribution is 2.37. The number of methoxy groups -OCH3 is 1. The smallest absolute Gasteiger partial charge is 0.504 e. The predicted molar refractivity (Wildman–Crippen MR) is 65.1 cm³/mol. The Morgan fingerprint density at radius 2 is 2.16 bits per heavy atom. The minimum Gasteiger partial charge on any atom is -0.504 e. The summed E-state index contributed by atoms with van der Waals surface area (Å²) in [7, 11) is -1.52. The van der Waals surface area contributed by atoms with E-state index >= 15 is 0 Å². The lowest BCUT2D eigenvalue weighted by atomic mass is 10.0. The molecule has 0 unspecified atom stereocenters. The van der Waals surface area contributed by atoms with Crippen molar-refractivity contribution in [1.82, 2.24) is 0 Å². The Balaban J connectivity index is 2.51. The SMILES string of the molecule is COc1ccc2c(c1)OCC(C(C)=O)=C2OB(F)F. The number of hydrogen-bond donors (Lipinski definition) is 0. The Labute approximate surface area is 109 Å². The molecule has 1 aliphatic heterocycles. The molecule has 0 spiro atoms. The van der Waals surface area contributed by atoms with Gasteiger partial charge in [0.2, 0.25) is 0 Å². The summed E-state index contributed by atoms with van der Waals surface area (Å²) >= 11 is 0. The Kier molecular flexibility index (Phi) is 3.73. The number of carbonyl (C=O) groups excluding carboxylic acids is 1. The number of ether oxygens (including phenoxy) is 2. The van der Waals surface area contributed by atoms with E-state index in [0.29, 0.717) is 17.1 Å². The van der Waals surface area contributed by atoms with Crippen LogP contribution in [0.25, 0.3) is 5.76 Å². The zero-order valence-corrected chi connectivity index (χ0v) is 10.4. The highest BCUT2D eigenvalue weighted by atomic mass is 19.2. The van der Waals surface area contributed by atoms with Gasteiger partial charge in [-0.25, -0.2) is 8.63 Å². The number of benzene rings is 1. The highest BCUT2D eigenvalue weighted by Gasteiger charge is 2.29. The van der Waals surface area contributed by atoms with E-state index in [2.05, 4.69) is 4.65 Å². The van der Waals surface area contributed by atoms with Crippen LogP contribution < -0.4 is 9.47 Å². The van der Waals surface area contributed by atoms with E-state index < -0.39 is 7.47 Å². The van der Waals surface area contributed by atoms with Crippen LogP contribution in [0.2, 0.25) is 0 Å². The first kappa shape index (κ1) is 13.4. The molecular formula is C12H11BF2O4. The average molecular weight is 268 g/mol. The molecule has 1 heterocycles. The molecule has 7 heteroatoms. The van der Waals surface area contributed by atoms with E-state index in [1.54, 1.807) is 12.1 Å². The van der Waals surface area contributed by atoms with Crippen molar-refractivity contribution in [2.45, 2.75) is 6.92 Å². The molecule has 100 valence electrons. The van der Waals surface area contributed by atoms with Crippen molar-refractivity contribution in [1.29, 1.82) is 0 Å². The third kappa shape index (κ3) is 2.69. The first-order valence-electron chi connectivity index (χ1n) is 5.53. The number of hydrogen-bond acceptors (Lipinski definition) is 4. The molecule has 0 saturated heterocycles. The van der Waals surface area contributed by atoms with Crippen molar-refractivity contribution in [3.63, 3.8) is 0 Å². The fourth-order valence-corrected chi connectivity index (χ4v) is 1.80. The van der Waals surface area contributed by atoms with Crippen LogP contribution in [0.15, 0.2) is 23.8 Å². The monoisotopic (exact) mass is 268 g/mol. The van der Waals surface area contributed by atoms with Gasteiger partial charge in [-0.15, -0.1) is 0 Å². The van der Waals surface area contributed by atoms with Gasteiger partial charge in [-0.2, -0.15) is 0 Å². The lowest BCUT2D eigenvalue weighted by Crippen LogP contribution is -2.19. The van der Waals surface area contributed by atoms with Crippen molar-refractivity contribution < 1.29 is 27.6 Å². The molecule has 1 aromatic carbocycles.